The molecule has 0 bridgehead atoms. The lowest BCUT2D eigenvalue weighted by atomic mass is 9.24. The van der Waals surface area contributed by atoms with E-state index in [2.05, 4.69) is 0 Å². The molecule has 0 fully saturated rings. The Morgan fingerprint density at radius 2 is 0.768 bits per heavy atom. The Kier molecular flexibility index (Phi) is 26.2. The van der Waals surface area contributed by atoms with E-state index in [0.29, 0.717) is 32.1 Å². The van der Waals surface area contributed by atoms with Crippen LogP contribution in [0.1, 0.15) is 252 Å². The molecule has 0 aromatic carbocycles. The number of unbranched alkanes of at least 4 members (excludes halogenated alkanes) is 5. The molecule has 0 spiro atoms. The summed E-state index contributed by atoms with van der Waals surface area (Å²) in [6, 6.07) is 0. The maximum atomic E-state index is 16.9. The summed E-state index contributed by atoms with van der Waals surface area (Å²) < 4.78 is 6.58. The van der Waals surface area contributed by atoms with Crippen molar-refractivity contribution >= 4 is 35.8 Å². The third kappa shape index (κ3) is 11.3. The highest BCUT2D eigenvalue weighted by Gasteiger charge is 2.91. The average Bonchev–Trinajstić information content (AvgIpc) is 3.29. The zero-order valence-electron chi connectivity index (χ0n) is 45.7. The van der Waals surface area contributed by atoms with Crippen molar-refractivity contribution in [3.8, 4) is 0 Å². The number of carboxylic acids is 5. The first-order chi connectivity index (χ1) is 32.2. The van der Waals surface area contributed by atoms with E-state index in [1.54, 1.807) is 41.5 Å². The van der Waals surface area contributed by atoms with Gasteiger partial charge in [0.1, 0.15) is 5.60 Å². The van der Waals surface area contributed by atoms with E-state index in [1.807, 2.05) is 34.6 Å². The van der Waals surface area contributed by atoms with Crippen molar-refractivity contribution < 1.29 is 73.9 Å². The average molecular weight is 987 g/mol. The molecule has 0 amide bonds. The minimum absolute atomic E-state index is 0.102. The molecule has 0 aromatic heterocycles. The number of aliphatic hydroxyl groups is 1. The summed E-state index contributed by atoms with van der Waals surface area (Å²) in [5, 5.41) is 72.4. The Balaban J connectivity index is 11.9. The molecule has 7 unspecified atom stereocenters. The lowest BCUT2D eigenvalue weighted by molar-refractivity contribution is -0.459. The zero-order valence-corrected chi connectivity index (χ0v) is 45.7. The Labute approximate surface area is 415 Å². The number of carbonyl (C=O) groups is 6. The van der Waals surface area contributed by atoms with Crippen molar-refractivity contribution in [2.24, 2.45) is 32.5 Å². The quantitative estimate of drug-likeness (QED) is 0.0190. The third-order valence-electron chi connectivity index (χ3n) is 16.9. The summed E-state index contributed by atoms with van der Waals surface area (Å²) in [5.41, 5.74) is -22.4. The number of aliphatic hydroxyl groups excluding tert-OH is 1. The van der Waals surface area contributed by atoms with Gasteiger partial charge in [-0.25, -0.2) is 19.4 Å². The van der Waals surface area contributed by atoms with Crippen LogP contribution >= 0.6 is 0 Å². The van der Waals surface area contributed by atoms with E-state index in [-0.39, 0.29) is 89.9 Å². The molecule has 0 heterocycles. The predicted molar refractivity (Wildman–Crippen MR) is 267 cm³/mol. The molecule has 0 aromatic rings. The summed E-state index contributed by atoms with van der Waals surface area (Å²) >= 11 is 0. The zero-order chi connectivity index (χ0) is 53.9. The van der Waals surface area contributed by atoms with Crippen LogP contribution in [0.25, 0.3) is 0 Å². The molecule has 0 saturated heterocycles. The Morgan fingerprint density at radius 3 is 1.01 bits per heavy atom. The van der Waals surface area contributed by atoms with Crippen molar-refractivity contribution in [3.05, 3.63) is 0 Å². The van der Waals surface area contributed by atoms with Gasteiger partial charge in [-0.3, -0.25) is 19.2 Å². The molecule has 0 rings (SSSR count). The number of esters is 1. The van der Waals surface area contributed by atoms with Gasteiger partial charge in [0, 0.05) is 11.8 Å². The van der Waals surface area contributed by atoms with Crippen LogP contribution in [0.15, 0.2) is 0 Å². The van der Waals surface area contributed by atoms with Crippen LogP contribution in [0, 0.1) is 32.5 Å². The van der Waals surface area contributed by atoms with E-state index >= 15 is 24.0 Å². The summed E-state index contributed by atoms with van der Waals surface area (Å²) in [7, 11) is 0. The third-order valence-corrected chi connectivity index (χ3v) is 16.9. The van der Waals surface area contributed by atoms with Crippen molar-refractivity contribution in [1.29, 1.82) is 0 Å². The fraction of sp³-hybridized carbons (Fsp3) is 0.889. The monoisotopic (exact) mass is 987 g/mol. The van der Waals surface area contributed by atoms with Crippen molar-refractivity contribution in [2.75, 3.05) is 0 Å². The molecule has 15 nitrogen and oxygen atoms in total. The molecule has 6 N–H and O–H groups in total. The van der Waals surface area contributed by atoms with Gasteiger partial charge in [-0.1, -0.05) is 147 Å². The van der Waals surface area contributed by atoms with Crippen LogP contribution in [0.5, 0.6) is 0 Å². The normalized spacial score (nSPS) is 19.7. The van der Waals surface area contributed by atoms with Crippen LogP contribution in [0.3, 0.4) is 0 Å². The van der Waals surface area contributed by atoms with Gasteiger partial charge < -0.3 is 35.4 Å². The molecule has 0 aliphatic rings. The first-order valence-electron chi connectivity index (χ1n) is 26.7. The fourth-order valence-electron chi connectivity index (χ4n) is 13.8. The second-order valence-corrected chi connectivity index (χ2v) is 20.7. The topological polar surface area (TPSA) is 251 Å². The molecule has 69 heavy (non-hydrogen) atoms. The van der Waals surface area contributed by atoms with Gasteiger partial charge in [0.25, 0.3) is 0 Å². The summed E-state index contributed by atoms with van der Waals surface area (Å²) in [4.78, 5) is 106. The molecular weight excluding hydrogens is 889 g/mol. The lowest BCUT2D eigenvalue weighted by Crippen LogP contribution is -2.85. The maximum Gasteiger partial charge on any atom is 0.343 e. The van der Waals surface area contributed by atoms with Gasteiger partial charge in [0.05, 0.1) is 33.2 Å². The van der Waals surface area contributed by atoms with Gasteiger partial charge in [-0.2, -0.15) is 0 Å². The number of rotatable bonds is 40. The van der Waals surface area contributed by atoms with Gasteiger partial charge in [-0.15, -0.1) is 0 Å². The van der Waals surface area contributed by atoms with E-state index in [4.69, 9.17) is 14.5 Å². The Hall–Kier alpha value is -3.30. The number of carbonyl (C=O) groups excluding carboxylic acids is 1. The van der Waals surface area contributed by atoms with E-state index < -0.39 is 117 Å². The highest BCUT2D eigenvalue weighted by molar-refractivity contribution is 5.92. The predicted octanol–water partition coefficient (Wildman–Crippen LogP) is 12.7. The van der Waals surface area contributed by atoms with Gasteiger partial charge in [-0.05, 0) is 97.8 Å². The number of aliphatic carboxylic acids is 5. The number of ether oxygens (including phenoxy) is 1. The van der Waals surface area contributed by atoms with Gasteiger partial charge in [0.15, 0.2) is 5.60 Å². The van der Waals surface area contributed by atoms with Crippen molar-refractivity contribution in [1.82, 2.24) is 0 Å². The summed E-state index contributed by atoms with van der Waals surface area (Å²) in [6.07, 6.45) is -2.75. The first kappa shape index (κ1) is 65.7. The number of carboxylic acid groups (broad SMARTS) is 5. The molecule has 0 saturated carbocycles. The van der Waals surface area contributed by atoms with Crippen LogP contribution in [-0.4, -0.2) is 89.4 Å². The Morgan fingerprint density at radius 1 is 0.435 bits per heavy atom. The molecule has 0 radical (unpaired) electrons. The molecule has 15 heteroatoms. The minimum Gasteiger partial charge on any atom is -0.481 e. The highest BCUT2D eigenvalue weighted by atomic mass is 17.2. The van der Waals surface area contributed by atoms with E-state index in [9.17, 15) is 35.4 Å². The van der Waals surface area contributed by atoms with Crippen LogP contribution in [0.4, 0.5) is 0 Å². The van der Waals surface area contributed by atoms with Crippen LogP contribution < -0.4 is 0 Å². The molecule has 404 valence electrons. The second kappa shape index (κ2) is 27.5. The molecular formula is C54H98O15. The van der Waals surface area contributed by atoms with E-state index in [1.165, 1.54) is 27.7 Å². The standard InChI is InChI=1S/C54H98O15/c1-16-28-33-47(21-6,40(56)57)53(27-12,48(22-7,41(58)59)34-29-17-2)54(49(23-8,42(60)61)35-30-18-3,50(24-9,43(62)63)36-31-19-4)52(26-11,45(66)67-46(14,15)38-39(13)55)69-68-51(25-10,44(64)65)37-32-20-5/h39,55H,16-38H2,1-15H3,(H,56,57)(H,58,59)(H,60,61)(H,62,63)(H,64,65). The van der Waals surface area contributed by atoms with Crippen LogP contribution in [-0.2, 0) is 43.3 Å². The van der Waals surface area contributed by atoms with Gasteiger partial charge in [0.2, 0.25) is 5.60 Å². The van der Waals surface area contributed by atoms with Crippen molar-refractivity contribution in [2.45, 2.75) is 274 Å². The SMILES string of the molecule is CCCCC(CC)(OOC(CC)(C(=O)OC(C)(C)CC(C)O)C(C(CC)(CCCC)C(=O)O)(C(CC)(CCCC)C(=O)O)C(CC)(C(CC)(CCCC)C(=O)O)C(CC)(CCCC)C(=O)O)C(=O)O. The Bertz CT molecular complexity index is 1590. The molecule has 0 aliphatic heterocycles. The smallest absolute Gasteiger partial charge is 0.343 e. The lowest BCUT2D eigenvalue weighted by Gasteiger charge is -2.76. The van der Waals surface area contributed by atoms with Gasteiger partial charge >= 0.3 is 35.8 Å². The molecule has 0 aliphatic carbocycles. The fourth-order valence-corrected chi connectivity index (χ4v) is 13.8. The molecule has 7 atom stereocenters. The van der Waals surface area contributed by atoms with Crippen molar-refractivity contribution in [3.63, 3.8) is 0 Å². The van der Waals surface area contributed by atoms with Crippen LogP contribution in [0.2, 0.25) is 0 Å². The second-order valence-electron chi connectivity index (χ2n) is 20.7. The summed E-state index contributed by atoms with van der Waals surface area (Å²) in [5.74, 6) is -9.01. The highest BCUT2D eigenvalue weighted by Crippen LogP contribution is 2.83. The summed E-state index contributed by atoms with van der Waals surface area (Å²) in [6.45, 7) is 24.6. The largest absolute Gasteiger partial charge is 0.481 e. The number of hydrogen-bond donors (Lipinski definition) is 6. The number of hydrogen-bond acceptors (Lipinski definition) is 10. The first-order valence-corrected chi connectivity index (χ1v) is 26.7. The maximum absolute atomic E-state index is 16.9. The minimum atomic E-state index is -3.13. The van der Waals surface area contributed by atoms with E-state index in [0.717, 1.165) is 0 Å².